The van der Waals surface area contributed by atoms with E-state index in [9.17, 15) is 9.18 Å². The van der Waals surface area contributed by atoms with Crippen molar-refractivity contribution >= 4 is 33.2 Å². The number of hydrogen-bond acceptors (Lipinski definition) is 3. The first-order chi connectivity index (χ1) is 10.5. The predicted octanol–water partition coefficient (Wildman–Crippen LogP) is 3.84. The molecule has 2 aliphatic rings. The maximum Gasteiger partial charge on any atom is 0.256 e. The highest BCUT2D eigenvalue weighted by atomic mass is 79.9. The van der Waals surface area contributed by atoms with Gasteiger partial charge in [0.25, 0.3) is 5.91 Å². The highest BCUT2D eigenvalue weighted by Gasteiger charge is 2.56. The normalized spacial score (nSPS) is 18.7. The van der Waals surface area contributed by atoms with Crippen molar-refractivity contribution in [3.05, 3.63) is 55.4 Å². The Morgan fingerprint density at radius 2 is 2.23 bits per heavy atom. The molecule has 0 bridgehead atoms. The summed E-state index contributed by atoms with van der Waals surface area (Å²) in [5, 5.41) is 0. The van der Waals surface area contributed by atoms with Crippen LogP contribution in [0.1, 0.15) is 26.4 Å². The van der Waals surface area contributed by atoms with Crippen molar-refractivity contribution in [3.63, 3.8) is 0 Å². The summed E-state index contributed by atoms with van der Waals surface area (Å²) in [7, 11) is 0. The lowest BCUT2D eigenvalue weighted by atomic mass is 9.94. The van der Waals surface area contributed by atoms with E-state index in [-0.39, 0.29) is 17.3 Å². The molecule has 1 fully saturated rings. The first kappa shape index (κ1) is 14.4. The van der Waals surface area contributed by atoms with Crippen LogP contribution in [0.4, 0.5) is 4.39 Å². The largest absolute Gasteiger partial charge is 0.376 e. The van der Waals surface area contributed by atoms with E-state index in [1.54, 1.807) is 17.4 Å². The number of amides is 1. The van der Waals surface area contributed by atoms with Crippen molar-refractivity contribution in [1.29, 1.82) is 0 Å². The molecule has 2 aromatic rings. The summed E-state index contributed by atoms with van der Waals surface area (Å²) < 4.78 is 19.8. The van der Waals surface area contributed by atoms with Gasteiger partial charge in [-0.2, -0.15) is 0 Å². The molecule has 22 heavy (non-hydrogen) atoms. The summed E-state index contributed by atoms with van der Waals surface area (Å²) >= 11 is 5.14. The van der Waals surface area contributed by atoms with Gasteiger partial charge in [-0.15, -0.1) is 11.3 Å². The molecule has 0 radical (unpaired) electrons. The van der Waals surface area contributed by atoms with Crippen molar-refractivity contribution in [2.24, 2.45) is 0 Å². The minimum atomic E-state index is -0.375. The Kier molecular flexibility index (Phi) is 3.18. The average Bonchev–Trinajstić information content (AvgIpc) is 2.84. The number of benzene rings is 1. The van der Waals surface area contributed by atoms with E-state index >= 15 is 0 Å². The fraction of sp³-hybridized carbons (Fsp3) is 0.312. The molecule has 0 N–H and O–H groups in total. The third-order valence-electron chi connectivity index (χ3n) is 4.40. The lowest BCUT2D eigenvalue weighted by Gasteiger charge is -2.45. The van der Waals surface area contributed by atoms with Gasteiger partial charge in [0, 0.05) is 11.4 Å². The Morgan fingerprint density at radius 3 is 2.86 bits per heavy atom. The number of halogens is 2. The summed E-state index contributed by atoms with van der Waals surface area (Å²) in [6.45, 7) is 3.37. The number of nitrogens with zero attached hydrogens (tertiary/aromatic N) is 1. The van der Waals surface area contributed by atoms with Gasteiger partial charge in [0.1, 0.15) is 11.4 Å². The summed E-state index contributed by atoms with van der Waals surface area (Å²) in [4.78, 5) is 15.8. The minimum Gasteiger partial charge on any atom is -0.376 e. The first-order valence-corrected chi connectivity index (χ1v) is 8.57. The van der Waals surface area contributed by atoms with E-state index in [0.717, 1.165) is 25.4 Å². The van der Waals surface area contributed by atoms with Gasteiger partial charge >= 0.3 is 0 Å². The number of rotatable bonds is 2. The molecule has 6 heteroatoms. The molecule has 0 atom stereocenters. The first-order valence-electron chi connectivity index (χ1n) is 6.96. The fourth-order valence-electron chi connectivity index (χ4n) is 3.15. The second kappa shape index (κ2) is 4.88. The van der Waals surface area contributed by atoms with Gasteiger partial charge in [-0.05, 0) is 46.1 Å². The van der Waals surface area contributed by atoms with Crippen molar-refractivity contribution in [1.82, 2.24) is 4.90 Å². The zero-order valence-electron chi connectivity index (χ0n) is 11.9. The number of thiophene rings is 1. The lowest BCUT2D eigenvalue weighted by molar-refractivity contribution is -0.126. The van der Waals surface area contributed by atoms with Crippen LogP contribution >= 0.6 is 27.3 Å². The lowest BCUT2D eigenvalue weighted by Crippen LogP contribution is -2.56. The van der Waals surface area contributed by atoms with Crippen molar-refractivity contribution in [2.45, 2.75) is 19.0 Å². The standard InChI is InChI=1S/C16H13BrFNO2S/c1-9-12-13(22-14(9)17)16(7-21-8-16)19(15(12)20)6-10-3-2-4-11(18)5-10/h2-5H,6-8H2,1H3. The highest BCUT2D eigenvalue weighted by Crippen LogP contribution is 2.51. The third-order valence-corrected chi connectivity index (χ3v) is 6.75. The van der Waals surface area contributed by atoms with Gasteiger partial charge in [0.2, 0.25) is 0 Å². The molecule has 2 aliphatic heterocycles. The molecule has 3 nitrogen and oxygen atoms in total. The van der Waals surface area contributed by atoms with Gasteiger partial charge in [0.05, 0.1) is 22.6 Å². The predicted molar refractivity (Wildman–Crippen MR) is 85.5 cm³/mol. The summed E-state index contributed by atoms with van der Waals surface area (Å²) in [5.74, 6) is -0.265. The molecule has 1 amide bonds. The summed E-state index contributed by atoms with van der Waals surface area (Å²) in [6.07, 6.45) is 0. The van der Waals surface area contributed by atoms with E-state index in [2.05, 4.69) is 15.9 Å². The minimum absolute atomic E-state index is 0.0158. The number of carbonyl (C=O) groups is 1. The van der Waals surface area contributed by atoms with Crippen LogP contribution in [0.5, 0.6) is 0 Å². The van der Waals surface area contributed by atoms with Gasteiger partial charge in [-0.3, -0.25) is 4.79 Å². The summed E-state index contributed by atoms with van der Waals surface area (Å²) in [6, 6.07) is 6.41. The topological polar surface area (TPSA) is 29.5 Å². The maximum absolute atomic E-state index is 13.4. The Morgan fingerprint density at radius 1 is 1.45 bits per heavy atom. The fourth-order valence-corrected chi connectivity index (χ4v) is 5.02. The molecule has 1 aromatic carbocycles. The second-order valence-corrected chi connectivity index (χ2v) is 8.09. The molecule has 0 saturated carbocycles. The molecular weight excluding hydrogens is 369 g/mol. The molecule has 1 saturated heterocycles. The van der Waals surface area contributed by atoms with E-state index in [1.807, 2.05) is 17.9 Å². The third kappa shape index (κ3) is 1.84. The van der Waals surface area contributed by atoms with E-state index in [1.165, 1.54) is 12.1 Å². The number of ether oxygens (including phenoxy) is 1. The molecule has 0 aliphatic carbocycles. The second-order valence-electron chi connectivity index (χ2n) is 5.75. The number of carbonyl (C=O) groups excluding carboxylic acids is 1. The number of fused-ring (bicyclic) bond motifs is 2. The van der Waals surface area contributed by atoms with E-state index < -0.39 is 0 Å². The number of hydrogen-bond donors (Lipinski definition) is 0. The Balaban J connectivity index is 1.76. The van der Waals surface area contributed by atoms with Crippen LogP contribution < -0.4 is 0 Å². The molecular formula is C16H13BrFNO2S. The molecule has 0 unspecified atom stereocenters. The van der Waals surface area contributed by atoms with Gasteiger partial charge < -0.3 is 9.64 Å². The van der Waals surface area contributed by atoms with Crippen molar-refractivity contribution in [3.8, 4) is 0 Å². The van der Waals surface area contributed by atoms with Crippen LogP contribution in [-0.4, -0.2) is 24.0 Å². The van der Waals surface area contributed by atoms with E-state index in [0.29, 0.717) is 19.8 Å². The Bertz CT molecular complexity index is 784. The Labute approximate surface area is 139 Å². The molecule has 3 heterocycles. The molecule has 114 valence electrons. The van der Waals surface area contributed by atoms with Gasteiger partial charge in [-0.1, -0.05) is 12.1 Å². The smallest absolute Gasteiger partial charge is 0.256 e. The van der Waals surface area contributed by atoms with E-state index in [4.69, 9.17) is 4.74 Å². The summed E-state index contributed by atoms with van der Waals surface area (Å²) in [5.41, 5.74) is 2.20. The van der Waals surface area contributed by atoms with Crippen LogP contribution in [-0.2, 0) is 16.8 Å². The van der Waals surface area contributed by atoms with Crippen LogP contribution in [0.2, 0.25) is 0 Å². The van der Waals surface area contributed by atoms with Gasteiger partial charge in [0.15, 0.2) is 0 Å². The van der Waals surface area contributed by atoms with Crippen LogP contribution in [0.25, 0.3) is 0 Å². The molecule has 1 aromatic heterocycles. The zero-order chi connectivity index (χ0) is 15.5. The van der Waals surface area contributed by atoms with Crippen LogP contribution in [0.3, 0.4) is 0 Å². The zero-order valence-corrected chi connectivity index (χ0v) is 14.3. The van der Waals surface area contributed by atoms with Crippen LogP contribution in [0.15, 0.2) is 28.1 Å². The SMILES string of the molecule is Cc1c(Br)sc2c1C(=O)N(Cc1cccc(F)c1)C21COC1. The quantitative estimate of drug-likeness (QED) is 0.790. The van der Waals surface area contributed by atoms with Crippen molar-refractivity contribution < 1.29 is 13.9 Å². The Hall–Kier alpha value is -1.24. The molecule has 1 spiro atoms. The van der Waals surface area contributed by atoms with Crippen molar-refractivity contribution in [2.75, 3.05) is 13.2 Å². The highest BCUT2D eigenvalue weighted by molar-refractivity contribution is 9.11. The maximum atomic E-state index is 13.4. The van der Waals surface area contributed by atoms with Gasteiger partial charge in [-0.25, -0.2) is 4.39 Å². The molecule has 4 rings (SSSR count). The average molecular weight is 382 g/mol. The van der Waals surface area contributed by atoms with Crippen LogP contribution in [0, 0.1) is 12.7 Å². The monoisotopic (exact) mass is 381 g/mol.